The molecule has 0 heterocycles. The fourth-order valence-corrected chi connectivity index (χ4v) is 5.83. The lowest BCUT2D eigenvalue weighted by Gasteiger charge is -2.33. The van der Waals surface area contributed by atoms with E-state index in [9.17, 15) is 22.4 Å². The van der Waals surface area contributed by atoms with Crippen LogP contribution < -0.4 is 14.4 Å². The molecule has 1 unspecified atom stereocenters. The predicted octanol–water partition coefficient (Wildman–Crippen LogP) is 4.80. The summed E-state index contributed by atoms with van der Waals surface area (Å²) >= 11 is 0. The Morgan fingerprint density at radius 2 is 1.61 bits per heavy atom. The third-order valence-corrected chi connectivity index (χ3v) is 8.53. The lowest BCUT2D eigenvalue weighted by Crippen LogP contribution is -2.53. The van der Waals surface area contributed by atoms with Crippen molar-refractivity contribution in [2.24, 2.45) is 0 Å². The zero-order valence-corrected chi connectivity index (χ0v) is 24.6. The van der Waals surface area contributed by atoms with Gasteiger partial charge in [-0.1, -0.05) is 50.6 Å². The largest absolute Gasteiger partial charge is 0.497 e. The normalized spacial score (nSPS) is 11.9. The summed E-state index contributed by atoms with van der Waals surface area (Å²) in [6, 6.07) is 19.5. The summed E-state index contributed by atoms with van der Waals surface area (Å²) in [4.78, 5) is 28.6. The molecule has 0 bridgehead atoms. The molecule has 10 heteroatoms. The molecular weight excluding hydrogens is 545 g/mol. The van der Waals surface area contributed by atoms with Crippen LogP contribution in [0.5, 0.6) is 5.75 Å². The number of amides is 2. The van der Waals surface area contributed by atoms with Crippen LogP contribution in [-0.2, 0) is 26.0 Å². The van der Waals surface area contributed by atoms with E-state index in [-0.39, 0.29) is 23.0 Å². The fourth-order valence-electron chi connectivity index (χ4n) is 4.41. The molecule has 3 rings (SSSR count). The molecule has 1 N–H and O–H groups in total. The van der Waals surface area contributed by atoms with Gasteiger partial charge in [0.25, 0.3) is 10.0 Å². The van der Waals surface area contributed by atoms with Gasteiger partial charge in [0.05, 0.1) is 17.7 Å². The Morgan fingerprint density at radius 3 is 2.20 bits per heavy atom. The molecule has 0 saturated carbocycles. The van der Waals surface area contributed by atoms with Crippen molar-refractivity contribution in [3.05, 3.63) is 90.2 Å². The van der Waals surface area contributed by atoms with Gasteiger partial charge in [-0.3, -0.25) is 13.9 Å². The number of halogens is 1. The van der Waals surface area contributed by atoms with E-state index in [1.165, 1.54) is 48.4 Å². The molecule has 0 radical (unpaired) electrons. The van der Waals surface area contributed by atoms with E-state index in [1.807, 2.05) is 44.2 Å². The molecule has 0 aliphatic rings. The molecule has 0 aliphatic carbocycles. The van der Waals surface area contributed by atoms with Crippen molar-refractivity contribution in [2.45, 2.75) is 50.5 Å². The third-order valence-electron chi connectivity index (χ3n) is 6.74. The number of anilines is 1. The van der Waals surface area contributed by atoms with Crippen LogP contribution in [0.25, 0.3) is 0 Å². The maximum Gasteiger partial charge on any atom is 0.264 e. The standard InChI is InChI=1S/C31H38FN3O5S/c1-4-6-21-33-31(37)29(5-2)34(22-20-24-10-8-7-9-11-24)30(36)23-35(26-14-12-25(32)13-15-26)41(38,39)28-18-16-27(40-3)17-19-28/h7-19,29H,4-6,20-23H2,1-3H3,(H,33,37). The molecule has 41 heavy (non-hydrogen) atoms. The van der Waals surface area contributed by atoms with Gasteiger partial charge in [-0.25, -0.2) is 12.8 Å². The first-order valence-corrected chi connectivity index (χ1v) is 15.2. The highest BCUT2D eigenvalue weighted by atomic mass is 32.2. The van der Waals surface area contributed by atoms with Crippen molar-refractivity contribution < 1.29 is 27.1 Å². The first-order chi connectivity index (χ1) is 19.7. The Bertz CT molecular complexity index is 1370. The van der Waals surface area contributed by atoms with Crippen LogP contribution in [0.2, 0.25) is 0 Å². The van der Waals surface area contributed by atoms with E-state index >= 15 is 0 Å². The van der Waals surface area contributed by atoms with E-state index < -0.39 is 34.3 Å². The maximum atomic E-state index is 14.0. The number of methoxy groups -OCH3 is 1. The number of carbonyl (C=O) groups excluding carboxylic acids is 2. The van der Waals surface area contributed by atoms with Crippen LogP contribution in [0.15, 0.2) is 83.8 Å². The number of ether oxygens (including phenoxy) is 1. The van der Waals surface area contributed by atoms with Crippen LogP contribution >= 0.6 is 0 Å². The number of hydrogen-bond acceptors (Lipinski definition) is 5. The third kappa shape index (κ3) is 8.53. The summed E-state index contributed by atoms with van der Waals surface area (Å²) in [5.41, 5.74) is 1.10. The monoisotopic (exact) mass is 583 g/mol. The van der Waals surface area contributed by atoms with Gasteiger partial charge in [-0.05, 0) is 73.4 Å². The predicted molar refractivity (Wildman–Crippen MR) is 158 cm³/mol. The van der Waals surface area contributed by atoms with E-state index in [1.54, 1.807) is 0 Å². The Hall–Kier alpha value is -3.92. The molecule has 8 nitrogen and oxygen atoms in total. The van der Waals surface area contributed by atoms with Gasteiger partial charge in [0, 0.05) is 13.1 Å². The lowest BCUT2D eigenvalue weighted by molar-refractivity contribution is -0.139. The van der Waals surface area contributed by atoms with Crippen molar-refractivity contribution >= 4 is 27.5 Å². The summed E-state index contributed by atoms with van der Waals surface area (Å²) < 4.78 is 47.6. The minimum atomic E-state index is -4.25. The Labute approximate surface area is 242 Å². The van der Waals surface area contributed by atoms with Crippen LogP contribution in [0, 0.1) is 5.82 Å². The molecule has 3 aromatic carbocycles. The second kappa shape index (κ2) is 15.2. The van der Waals surface area contributed by atoms with Crippen LogP contribution in [-0.4, -0.2) is 57.9 Å². The molecule has 220 valence electrons. The number of unbranched alkanes of at least 4 members (excludes halogenated alkanes) is 1. The molecule has 0 saturated heterocycles. The SMILES string of the molecule is CCCCNC(=O)C(CC)N(CCc1ccccc1)C(=O)CN(c1ccc(F)cc1)S(=O)(=O)c1ccc(OC)cc1. The van der Waals surface area contributed by atoms with Gasteiger partial charge >= 0.3 is 0 Å². The zero-order chi connectivity index (χ0) is 29.8. The Kier molecular flexibility index (Phi) is 11.7. The van der Waals surface area contributed by atoms with Gasteiger partial charge in [0.15, 0.2) is 0 Å². The van der Waals surface area contributed by atoms with Gasteiger partial charge in [-0.15, -0.1) is 0 Å². The molecule has 1 atom stereocenters. The smallest absolute Gasteiger partial charge is 0.264 e. The molecule has 0 spiro atoms. The number of sulfonamides is 1. The van der Waals surface area contributed by atoms with Crippen molar-refractivity contribution in [1.82, 2.24) is 10.2 Å². The van der Waals surface area contributed by atoms with Crippen LogP contribution in [0.1, 0.15) is 38.7 Å². The Balaban J connectivity index is 1.98. The van der Waals surface area contributed by atoms with Crippen molar-refractivity contribution in [2.75, 3.05) is 31.0 Å². The van der Waals surface area contributed by atoms with E-state index in [0.717, 1.165) is 34.8 Å². The summed E-state index contributed by atoms with van der Waals surface area (Å²) in [6.07, 6.45) is 2.54. The van der Waals surface area contributed by atoms with Gasteiger partial charge in [0.2, 0.25) is 11.8 Å². The van der Waals surface area contributed by atoms with Crippen LogP contribution in [0.4, 0.5) is 10.1 Å². The minimum Gasteiger partial charge on any atom is -0.497 e. The Morgan fingerprint density at radius 1 is 0.951 bits per heavy atom. The number of hydrogen-bond donors (Lipinski definition) is 1. The van der Waals surface area contributed by atoms with Crippen molar-refractivity contribution in [1.29, 1.82) is 0 Å². The molecule has 2 amide bonds. The number of carbonyl (C=O) groups is 2. The summed E-state index contributed by atoms with van der Waals surface area (Å²) in [5, 5.41) is 2.91. The summed E-state index contributed by atoms with van der Waals surface area (Å²) in [5.74, 6) is -0.894. The molecule has 0 fully saturated rings. The number of nitrogens with one attached hydrogen (secondary N) is 1. The fraction of sp³-hybridized carbons (Fsp3) is 0.355. The number of rotatable bonds is 15. The minimum absolute atomic E-state index is 0.0596. The number of nitrogens with zero attached hydrogens (tertiary/aromatic N) is 2. The average molecular weight is 584 g/mol. The molecule has 0 aromatic heterocycles. The molecular formula is C31H38FN3O5S. The second-order valence-corrected chi connectivity index (χ2v) is 11.4. The molecule has 0 aliphatic heterocycles. The van der Waals surface area contributed by atoms with Gasteiger partial charge < -0.3 is 15.0 Å². The summed E-state index contributed by atoms with van der Waals surface area (Å²) in [7, 11) is -2.78. The summed E-state index contributed by atoms with van der Waals surface area (Å²) in [6.45, 7) is 3.96. The van der Waals surface area contributed by atoms with Crippen molar-refractivity contribution in [3.63, 3.8) is 0 Å². The van der Waals surface area contributed by atoms with Gasteiger partial charge in [0.1, 0.15) is 24.2 Å². The van der Waals surface area contributed by atoms with Crippen molar-refractivity contribution in [3.8, 4) is 5.75 Å². The maximum absolute atomic E-state index is 14.0. The molecule has 3 aromatic rings. The lowest BCUT2D eigenvalue weighted by atomic mass is 10.1. The first kappa shape index (κ1) is 31.6. The highest BCUT2D eigenvalue weighted by Gasteiger charge is 2.33. The second-order valence-electron chi connectivity index (χ2n) is 9.55. The quantitative estimate of drug-likeness (QED) is 0.260. The zero-order valence-electron chi connectivity index (χ0n) is 23.8. The van der Waals surface area contributed by atoms with E-state index in [4.69, 9.17) is 4.74 Å². The van der Waals surface area contributed by atoms with Crippen LogP contribution in [0.3, 0.4) is 0 Å². The highest BCUT2D eigenvalue weighted by Crippen LogP contribution is 2.26. The van der Waals surface area contributed by atoms with Gasteiger partial charge in [-0.2, -0.15) is 0 Å². The topological polar surface area (TPSA) is 96.0 Å². The highest BCUT2D eigenvalue weighted by molar-refractivity contribution is 7.92. The van der Waals surface area contributed by atoms with E-state index in [2.05, 4.69) is 5.32 Å². The first-order valence-electron chi connectivity index (χ1n) is 13.7. The number of benzene rings is 3. The average Bonchev–Trinajstić information content (AvgIpc) is 2.99. The van der Waals surface area contributed by atoms with E-state index in [0.29, 0.717) is 25.1 Å².